The van der Waals surface area contributed by atoms with E-state index in [1.54, 1.807) is 11.6 Å². The molecular weight excluding hydrogens is 342 g/mol. The van der Waals surface area contributed by atoms with E-state index in [4.69, 9.17) is 4.74 Å². The molecule has 0 bridgehead atoms. The Kier molecular flexibility index (Phi) is 4.30. The van der Waals surface area contributed by atoms with Crippen LogP contribution in [0, 0.1) is 0 Å². The van der Waals surface area contributed by atoms with Crippen molar-refractivity contribution >= 4 is 17.0 Å². The number of esters is 1. The van der Waals surface area contributed by atoms with Gasteiger partial charge >= 0.3 is 5.97 Å². The maximum absolute atomic E-state index is 13.1. The fraction of sp³-hybridized carbons (Fsp3) is 0.0952. The molecule has 0 unspecified atom stereocenters. The molecule has 2 heterocycles. The molecule has 0 fully saturated rings. The van der Waals surface area contributed by atoms with Gasteiger partial charge in [-0.3, -0.25) is 4.79 Å². The number of carbonyl (C=O) groups is 1. The molecule has 0 atom stereocenters. The molecule has 27 heavy (non-hydrogen) atoms. The SMILES string of the molecule is CCOC(=O)c1c[nH]c2c(c(-c3ccccc3)nn2-c2ccccc2)c1=O. The Morgan fingerprint density at radius 3 is 2.41 bits per heavy atom. The van der Waals surface area contributed by atoms with Crippen molar-refractivity contribution in [2.75, 3.05) is 6.61 Å². The van der Waals surface area contributed by atoms with Gasteiger partial charge in [0.2, 0.25) is 5.43 Å². The third-order valence-electron chi connectivity index (χ3n) is 4.25. The minimum absolute atomic E-state index is 0.0332. The van der Waals surface area contributed by atoms with Gasteiger partial charge < -0.3 is 9.72 Å². The first kappa shape index (κ1) is 16.8. The lowest BCUT2D eigenvalue weighted by Gasteiger charge is -2.04. The number of nitrogens with zero attached hydrogens (tertiary/aromatic N) is 2. The van der Waals surface area contributed by atoms with E-state index >= 15 is 0 Å². The van der Waals surface area contributed by atoms with Gasteiger partial charge in [0.1, 0.15) is 16.9 Å². The lowest BCUT2D eigenvalue weighted by Crippen LogP contribution is -2.18. The normalized spacial score (nSPS) is 10.9. The molecule has 0 aliphatic rings. The summed E-state index contributed by atoms with van der Waals surface area (Å²) >= 11 is 0. The van der Waals surface area contributed by atoms with Crippen LogP contribution in [0.1, 0.15) is 17.3 Å². The van der Waals surface area contributed by atoms with E-state index in [-0.39, 0.29) is 12.2 Å². The lowest BCUT2D eigenvalue weighted by atomic mass is 10.1. The van der Waals surface area contributed by atoms with Gasteiger partial charge in [0.15, 0.2) is 0 Å². The minimum atomic E-state index is -0.646. The van der Waals surface area contributed by atoms with Crippen LogP contribution in [0.2, 0.25) is 0 Å². The van der Waals surface area contributed by atoms with Crippen molar-refractivity contribution in [3.8, 4) is 16.9 Å². The fourth-order valence-corrected chi connectivity index (χ4v) is 3.02. The van der Waals surface area contributed by atoms with E-state index in [2.05, 4.69) is 10.1 Å². The zero-order valence-corrected chi connectivity index (χ0v) is 14.7. The Hall–Kier alpha value is -3.67. The van der Waals surface area contributed by atoms with Gasteiger partial charge in [-0.2, -0.15) is 5.10 Å². The summed E-state index contributed by atoms with van der Waals surface area (Å²) in [5.74, 6) is -0.646. The second-order valence-corrected chi connectivity index (χ2v) is 5.94. The third-order valence-corrected chi connectivity index (χ3v) is 4.25. The smallest absolute Gasteiger partial charge is 0.343 e. The summed E-state index contributed by atoms with van der Waals surface area (Å²) in [5, 5.41) is 5.03. The number of H-pyrrole nitrogens is 1. The number of para-hydroxylation sites is 1. The van der Waals surface area contributed by atoms with Crippen LogP contribution in [0.15, 0.2) is 71.7 Å². The quantitative estimate of drug-likeness (QED) is 0.565. The number of rotatable bonds is 4. The topological polar surface area (TPSA) is 77.0 Å². The minimum Gasteiger partial charge on any atom is -0.462 e. The highest BCUT2D eigenvalue weighted by atomic mass is 16.5. The van der Waals surface area contributed by atoms with E-state index < -0.39 is 11.4 Å². The Morgan fingerprint density at radius 2 is 1.74 bits per heavy atom. The third kappa shape index (κ3) is 2.91. The Morgan fingerprint density at radius 1 is 1.07 bits per heavy atom. The molecule has 4 rings (SSSR count). The van der Waals surface area contributed by atoms with Crippen molar-refractivity contribution in [2.24, 2.45) is 0 Å². The fourth-order valence-electron chi connectivity index (χ4n) is 3.02. The van der Waals surface area contributed by atoms with Crippen LogP contribution in [0.3, 0.4) is 0 Å². The summed E-state index contributed by atoms with van der Waals surface area (Å²) in [6, 6.07) is 18.9. The maximum Gasteiger partial charge on any atom is 0.343 e. The van der Waals surface area contributed by atoms with E-state index in [9.17, 15) is 9.59 Å². The van der Waals surface area contributed by atoms with E-state index in [0.29, 0.717) is 16.7 Å². The van der Waals surface area contributed by atoms with Gasteiger partial charge in [0, 0.05) is 11.8 Å². The molecule has 2 aromatic heterocycles. The van der Waals surface area contributed by atoms with Crippen LogP contribution in [-0.4, -0.2) is 27.3 Å². The number of hydrogen-bond acceptors (Lipinski definition) is 4. The summed E-state index contributed by atoms with van der Waals surface area (Å²) in [6.45, 7) is 1.90. The molecule has 0 saturated heterocycles. The van der Waals surface area contributed by atoms with Crippen molar-refractivity contribution in [3.05, 3.63) is 82.6 Å². The number of hydrogen-bond donors (Lipinski definition) is 1. The Bertz CT molecular complexity index is 1160. The van der Waals surface area contributed by atoms with Crippen molar-refractivity contribution in [2.45, 2.75) is 6.92 Å². The molecule has 0 spiro atoms. The van der Waals surface area contributed by atoms with Gasteiger partial charge in [-0.25, -0.2) is 9.48 Å². The highest BCUT2D eigenvalue weighted by Crippen LogP contribution is 2.26. The van der Waals surface area contributed by atoms with E-state index in [0.717, 1.165) is 11.3 Å². The van der Waals surface area contributed by atoms with Crippen molar-refractivity contribution in [1.82, 2.24) is 14.8 Å². The van der Waals surface area contributed by atoms with Crippen molar-refractivity contribution < 1.29 is 9.53 Å². The van der Waals surface area contributed by atoms with Crippen LogP contribution in [0.25, 0.3) is 28.0 Å². The van der Waals surface area contributed by atoms with Gasteiger partial charge in [-0.1, -0.05) is 48.5 Å². The number of fused-ring (bicyclic) bond motifs is 1. The second kappa shape index (κ2) is 6.92. The number of aromatic amines is 1. The predicted octanol–water partition coefficient (Wildman–Crippen LogP) is 3.56. The molecule has 2 aromatic carbocycles. The molecule has 0 saturated carbocycles. The predicted molar refractivity (Wildman–Crippen MR) is 103 cm³/mol. The zero-order chi connectivity index (χ0) is 18.8. The molecule has 6 heteroatoms. The van der Waals surface area contributed by atoms with Crippen LogP contribution in [0.4, 0.5) is 0 Å². The first-order valence-electron chi connectivity index (χ1n) is 8.63. The number of pyridine rings is 1. The number of aromatic nitrogens is 3. The van der Waals surface area contributed by atoms with Gasteiger partial charge in [0.05, 0.1) is 17.7 Å². The van der Waals surface area contributed by atoms with Gasteiger partial charge in [-0.05, 0) is 19.1 Å². The molecule has 134 valence electrons. The second-order valence-electron chi connectivity index (χ2n) is 5.94. The molecule has 0 aliphatic carbocycles. The van der Waals surface area contributed by atoms with Crippen molar-refractivity contribution in [1.29, 1.82) is 0 Å². The number of nitrogens with one attached hydrogen (secondary N) is 1. The van der Waals surface area contributed by atoms with E-state index in [1.165, 1.54) is 6.20 Å². The van der Waals surface area contributed by atoms with Crippen molar-refractivity contribution in [3.63, 3.8) is 0 Å². The van der Waals surface area contributed by atoms with E-state index in [1.807, 2.05) is 60.7 Å². The maximum atomic E-state index is 13.1. The summed E-state index contributed by atoms with van der Waals surface area (Å²) in [5.41, 5.74) is 2.21. The highest BCUT2D eigenvalue weighted by molar-refractivity contribution is 5.98. The Labute approximate surface area is 155 Å². The average molecular weight is 359 g/mol. The molecular formula is C21H17N3O3. The molecule has 4 aromatic rings. The first-order chi connectivity index (χ1) is 13.2. The van der Waals surface area contributed by atoms with Gasteiger partial charge in [-0.15, -0.1) is 0 Å². The lowest BCUT2D eigenvalue weighted by molar-refractivity contribution is 0.0524. The highest BCUT2D eigenvalue weighted by Gasteiger charge is 2.22. The molecule has 0 aliphatic heterocycles. The van der Waals surface area contributed by atoms with Crippen LogP contribution in [-0.2, 0) is 4.74 Å². The molecule has 6 nitrogen and oxygen atoms in total. The molecule has 0 amide bonds. The summed E-state index contributed by atoms with van der Waals surface area (Å²) < 4.78 is 6.68. The van der Waals surface area contributed by atoms with Crippen LogP contribution < -0.4 is 5.43 Å². The molecule has 1 N–H and O–H groups in total. The van der Waals surface area contributed by atoms with Crippen LogP contribution in [0.5, 0.6) is 0 Å². The number of ether oxygens (including phenoxy) is 1. The molecule has 0 radical (unpaired) electrons. The average Bonchev–Trinajstić information content (AvgIpc) is 3.10. The van der Waals surface area contributed by atoms with Gasteiger partial charge in [0.25, 0.3) is 0 Å². The first-order valence-corrected chi connectivity index (χ1v) is 8.63. The van der Waals surface area contributed by atoms with Crippen LogP contribution >= 0.6 is 0 Å². The summed E-state index contributed by atoms with van der Waals surface area (Å²) in [4.78, 5) is 28.3. The number of carbonyl (C=O) groups excluding carboxylic acids is 1. The largest absolute Gasteiger partial charge is 0.462 e. The summed E-state index contributed by atoms with van der Waals surface area (Å²) in [6.07, 6.45) is 1.39. The number of benzene rings is 2. The zero-order valence-electron chi connectivity index (χ0n) is 14.7. The summed E-state index contributed by atoms with van der Waals surface area (Å²) in [7, 11) is 0. The standard InChI is InChI=1S/C21H17N3O3/c1-2-27-21(26)16-13-22-20-17(19(16)25)18(14-9-5-3-6-10-14)23-24(20)15-11-7-4-8-12-15/h3-13H,2H2,1H3,(H,22,25). The Balaban J connectivity index is 2.04. The monoisotopic (exact) mass is 359 g/mol.